The number of benzene rings is 1. The van der Waals surface area contributed by atoms with Crippen LogP contribution in [0.2, 0.25) is 5.02 Å². The van der Waals surface area contributed by atoms with Crippen LogP contribution < -0.4 is 5.32 Å². The Morgan fingerprint density at radius 2 is 2.29 bits per heavy atom. The van der Waals surface area contributed by atoms with E-state index in [1.165, 1.54) is 6.33 Å². The topological polar surface area (TPSA) is 68.0 Å². The Morgan fingerprint density at radius 1 is 1.47 bits per heavy atom. The Labute approximate surface area is 107 Å². The van der Waals surface area contributed by atoms with Crippen LogP contribution in [0.3, 0.4) is 0 Å². The second kappa shape index (κ2) is 5.16. The Balaban J connectivity index is 2.26. The predicted octanol–water partition coefficient (Wildman–Crippen LogP) is 2.57. The second-order valence-corrected chi connectivity index (χ2v) is 3.80. The number of nitrogens with zero attached hydrogens (tertiary/aromatic N) is 2. The summed E-state index contributed by atoms with van der Waals surface area (Å²) in [6.45, 7) is 0. The number of nitrogens with one attached hydrogen (secondary N) is 1. The fraction of sp³-hybridized carbons (Fsp3) is 0.100. The van der Waals surface area contributed by atoms with Crippen LogP contribution in [0.1, 0.15) is 0 Å². The maximum Gasteiger partial charge on any atom is 0.257 e. The van der Waals surface area contributed by atoms with Crippen molar-refractivity contribution < 1.29 is 9.32 Å². The molecule has 88 valence electrons. The lowest BCUT2D eigenvalue weighted by Crippen LogP contribution is -2.12. The molecule has 0 spiro atoms. The minimum Gasteiger partial charge on any atom is -0.334 e. The van der Waals surface area contributed by atoms with Crippen molar-refractivity contribution in [2.75, 3.05) is 11.2 Å². The first-order chi connectivity index (χ1) is 8.20. The highest BCUT2D eigenvalue weighted by atomic mass is 35.5. The third-order valence-corrected chi connectivity index (χ3v) is 2.53. The van der Waals surface area contributed by atoms with Crippen molar-refractivity contribution in [3.05, 3.63) is 29.5 Å². The monoisotopic (exact) mass is 271 g/mol. The molecule has 0 unspecified atom stereocenters. The highest BCUT2D eigenvalue weighted by Crippen LogP contribution is 2.27. The molecule has 17 heavy (non-hydrogen) atoms. The summed E-state index contributed by atoms with van der Waals surface area (Å²) >= 11 is 11.4. The Bertz CT molecular complexity index is 528. The molecule has 0 aliphatic rings. The largest absolute Gasteiger partial charge is 0.334 e. The van der Waals surface area contributed by atoms with Crippen molar-refractivity contribution >= 4 is 34.8 Å². The van der Waals surface area contributed by atoms with Crippen LogP contribution in [0.15, 0.2) is 29.0 Å². The van der Waals surface area contributed by atoms with Crippen molar-refractivity contribution in [1.82, 2.24) is 10.1 Å². The van der Waals surface area contributed by atoms with Gasteiger partial charge < -0.3 is 9.84 Å². The first kappa shape index (κ1) is 11.9. The number of alkyl halides is 1. The predicted molar refractivity (Wildman–Crippen MR) is 64.1 cm³/mol. The number of carbonyl (C=O) groups excluding carboxylic acids is 1. The normalized spacial score (nSPS) is 10.2. The molecule has 1 aromatic heterocycles. The molecule has 0 bridgehead atoms. The van der Waals surface area contributed by atoms with Crippen molar-refractivity contribution in [3.63, 3.8) is 0 Å². The molecule has 0 fully saturated rings. The van der Waals surface area contributed by atoms with Crippen LogP contribution in [0.5, 0.6) is 0 Å². The van der Waals surface area contributed by atoms with Gasteiger partial charge in [-0.2, -0.15) is 4.98 Å². The van der Waals surface area contributed by atoms with Gasteiger partial charge >= 0.3 is 0 Å². The van der Waals surface area contributed by atoms with Crippen LogP contribution in [0.4, 0.5) is 5.69 Å². The summed E-state index contributed by atoms with van der Waals surface area (Å²) in [5.74, 6) is -0.0805. The van der Waals surface area contributed by atoms with Gasteiger partial charge in [0.25, 0.3) is 5.89 Å². The first-order valence-electron chi connectivity index (χ1n) is 4.63. The van der Waals surface area contributed by atoms with Crippen molar-refractivity contribution in [3.8, 4) is 11.5 Å². The molecule has 2 rings (SSSR count). The van der Waals surface area contributed by atoms with Crippen molar-refractivity contribution in [2.45, 2.75) is 0 Å². The van der Waals surface area contributed by atoms with Gasteiger partial charge in [0, 0.05) is 5.56 Å². The zero-order valence-electron chi connectivity index (χ0n) is 8.48. The van der Waals surface area contributed by atoms with Gasteiger partial charge in [-0.25, -0.2) is 0 Å². The lowest BCUT2D eigenvalue weighted by Gasteiger charge is -2.06. The Morgan fingerprint density at radius 3 is 2.88 bits per heavy atom. The van der Waals surface area contributed by atoms with Crippen LogP contribution in [0, 0.1) is 0 Å². The average Bonchev–Trinajstić information content (AvgIpc) is 2.85. The molecule has 2 aromatic rings. The van der Waals surface area contributed by atoms with Gasteiger partial charge in [-0.05, 0) is 18.2 Å². The number of amides is 1. The zero-order chi connectivity index (χ0) is 12.3. The smallest absolute Gasteiger partial charge is 0.257 e. The van der Waals surface area contributed by atoms with E-state index in [1.807, 2.05) is 0 Å². The summed E-state index contributed by atoms with van der Waals surface area (Å²) in [7, 11) is 0. The van der Waals surface area contributed by atoms with Crippen LogP contribution in [-0.2, 0) is 4.79 Å². The summed E-state index contributed by atoms with van der Waals surface area (Å²) in [6.07, 6.45) is 1.30. The summed E-state index contributed by atoms with van der Waals surface area (Å²) in [6, 6.07) is 4.98. The van der Waals surface area contributed by atoms with Crippen LogP contribution in [-0.4, -0.2) is 21.9 Å². The molecular weight excluding hydrogens is 265 g/mol. The molecule has 5 nitrogen and oxygen atoms in total. The zero-order valence-corrected chi connectivity index (χ0v) is 10.00. The number of hydrogen-bond donors (Lipinski definition) is 1. The minimum absolute atomic E-state index is 0.123. The van der Waals surface area contributed by atoms with E-state index in [0.29, 0.717) is 22.2 Å². The highest BCUT2D eigenvalue weighted by Gasteiger charge is 2.09. The molecule has 0 saturated heterocycles. The highest BCUT2D eigenvalue weighted by molar-refractivity contribution is 6.35. The summed E-state index contributed by atoms with van der Waals surface area (Å²) in [5.41, 5.74) is 1.16. The lowest BCUT2D eigenvalue weighted by molar-refractivity contribution is -0.113. The van der Waals surface area contributed by atoms with Crippen LogP contribution >= 0.6 is 23.2 Å². The molecule has 1 amide bonds. The average molecular weight is 272 g/mol. The Hall–Kier alpha value is -1.59. The van der Waals surface area contributed by atoms with Gasteiger partial charge in [0.1, 0.15) is 5.88 Å². The molecule has 0 atom stereocenters. The van der Waals surface area contributed by atoms with E-state index in [0.717, 1.165) is 0 Å². The maximum atomic E-state index is 11.1. The van der Waals surface area contributed by atoms with E-state index in [1.54, 1.807) is 18.2 Å². The Kier molecular flexibility index (Phi) is 3.61. The third-order valence-electron chi connectivity index (χ3n) is 1.97. The SMILES string of the molecule is O=C(CCl)Nc1ccc(-c2ncno2)cc1Cl. The minimum atomic E-state index is -0.320. The molecule has 0 aliphatic carbocycles. The fourth-order valence-corrected chi connectivity index (χ4v) is 1.53. The quantitative estimate of drug-likeness (QED) is 0.872. The molecule has 1 aromatic carbocycles. The van der Waals surface area contributed by atoms with Gasteiger partial charge in [-0.15, -0.1) is 11.6 Å². The number of rotatable bonds is 3. The van der Waals surface area contributed by atoms with E-state index in [2.05, 4.69) is 15.5 Å². The molecular formula is C10H7Cl2N3O2. The second-order valence-electron chi connectivity index (χ2n) is 3.12. The fourth-order valence-electron chi connectivity index (χ4n) is 1.23. The van der Waals surface area contributed by atoms with Crippen molar-refractivity contribution in [1.29, 1.82) is 0 Å². The maximum absolute atomic E-state index is 11.1. The van der Waals surface area contributed by atoms with Gasteiger partial charge in [0.05, 0.1) is 10.7 Å². The van der Waals surface area contributed by atoms with E-state index < -0.39 is 0 Å². The standard InChI is InChI=1S/C10H7Cl2N3O2/c11-4-9(16)15-8-2-1-6(3-7(8)12)10-13-5-14-17-10/h1-3,5H,4H2,(H,15,16). The van der Waals surface area contributed by atoms with Gasteiger partial charge in [0.2, 0.25) is 5.91 Å². The van der Waals surface area contributed by atoms with E-state index in [9.17, 15) is 4.79 Å². The summed E-state index contributed by atoms with van der Waals surface area (Å²) < 4.78 is 4.89. The first-order valence-corrected chi connectivity index (χ1v) is 5.54. The molecule has 0 radical (unpaired) electrons. The summed E-state index contributed by atoms with van der Waals surface area (Å²) in [5, 5.41) is 6.43. The van der Waals surface area contributed by atoms with Gasteiger partial charge in [0.15, 0.2) is 6.33 Å². The number of carbonyl (C=O) groups is 1. The van der Waals surface area contributed by atoms with Crippen molar-refractivity contribution in [2.24, 2.45) is 0 Å². The number of halogens is 2. The van der Waals surface area contributed by atoms with E-state index in [-0.39, 0.29) is 11.8 Å². The van der Waals surface area contributed by atoms with E-state index >= 15 is 0 Å². The lowest BCUT2D eigenvalue weighted by atomic mass is 10.2. The molecule has 1 heterocycles. The van der Waals surface area contributed by atoms with Gasteiger partial charge in [-0.3, -0.25) is 4.79 Å². The number of hydrogen-bond acceptors (Lipinski definition) is 4. The molecule has 0 aliphatic heterocycles. The molecule has 7 heteroatoms. The van der Waals surface area contributed by atoms with Crippen LogP contribution in [0.25, 0.3) is 11.5 Å². The molecule has 1 N–H and O–H groups in total. The number of aromatic nitrogens is 2. The summed E-state index contributed by atoms with van der Waals surface area (Å²) in [4.78, 5) is 15.0. The molecule has 0 saturated carbocycles. The van der Waals surface area contributed by atoms with Gasteiger partial charge in [-0.1, -0.05) is 16.8 Å². The third kappa shape index (κ3) is 2.75. The number of anilines is 1. The van der Waals surface area contributed by atoms with E-state index in [4.69, 9.17) is 27.7 Å².